The molecule has 1 aromatic carbocycles. The van der Waals surface area contributed by atoms with Crippen molar-refractivity contribution in [3.63, 3.8) is 0 Å². The number of aromatic nitrogens is 2. The highest BCUT2D eigenvalue weighted by molar-refractivity contribution is 6.08. The molecule has 0 fully saturated rings. The van der Waals surface area contributed by atoms with Crippen molar-refractivity contribution < 1.29 is 13.9 Å². The van der Waals surface area contributed by atoms with E-state index in [0.717, 1.165) is 4.76 Å². The molecule has 0 bridgehead atoms. The predicted octanol–water partition coefficient (Wildman–Crippen LogP) is 3.95. The van der Waals surface area contributed by atoms with Crippen LogP contribution in [-0.2, 0) is 11.2 Å². The molecule has 0 radical (unpaired) electrons. The molecule has 1 N–H and O–H groups in total. The largest absolute Gasteiger partial charge is 0.342 e. The monoisotopic (exact) mass is 328 g/mol. The molecule has 2 aromatic rings. The van der Waals surface area contributed by atoms with Gasteiger partial charge in [-0.2, -0.15) is 0 Å². The van der Waals surface area contributed by atoms with E-state index >= 15 is 0 Å². The lowest BCUT2D eigenvalue weighted by Crippen LogP contribution is -2.21. The molecule has 1 aromatic heterocycles. The normalized spacial score (nSPS) is 15.8. The first kappa shape index (κ1) is 16.2. The maximum absolute atomic E-state index is 13.7. The number of aromatic amines is 1. The summed E-state index contributed by atoms with van der Waals surface area (Å²) in [5.41, 5.74) is 2.95. The van der Waals surface area contributed by atoms with Gasteiger partial charge in [0.25, 0.3) is 0 Å². The Labute approximate surface area is 138 Å². The maximum Gasteiger partial charge on any atom is 0.246 e. The third-order valence-electron chi connectivity index (χ3n) is 4.55. The molecule has 6 heteroatoms. The molecule has 0 spiro atoms. The van der Waals surface area contributed by atoms with Gasteiger partial charge in [0.1, 0.15) is 11.3 Å². The Morgan fingerprint density at radius 2 is 1.92 bits per heavy atom. The number of hydrogen-bond acceptors (Lipinski definition) is 3. The smallest absolute Gasteiger partial charge is 0.246 e. The molecular weight excluding hydrogens is 309 g/mol. The number of aryl methyl sites for hydroxylation is 1. The zero-order valence-electron chi connectivity index (χ0n) is 13.9. The number of nitrogens with zero attached hydrogens (tertiary/aromatic N) is 2. The summed E-state index contributed by atoms with van der Waals surface area (Å²) in [4.78, 5) is 31.8. The quantitative estimate of drug-likeness (QED) is 0.864. The standard InChI is InChI=1S/C18H19FN3O2/c1-10-12(3)22(24)15(11(2)18(10)23)8-5-9-16-20-14-7-4-6-13(19)17(14)21-16/h4,6-7H,5,8-9H2,1-3H3,(H,20,21)/q+1. The molecule has 124 valence electrons. The van der Waals surface area contributed by atoms with Crippen LogP contribution in [0.3, 0.4) is 0 Å². The number of nitroso groups, excluding NO2 is 1. The van der Waals surface area contributed by atoms with Gasteiger partial charge in [0.05, 0.1) is 21.4 Å². The summed E-state index contributed by atoms with van der Waals surface area (Å²) in [6, 6.07) is 4.79. The SMILES string of the molecule is CC1=C(C)[N+](=O)C(CCCc2nc3c(F)cccc3[nH]2)=C(C)C1=O. The summed E-state index contributed by atoms with van der Waals surface area (Å²) < 4.78 is 14.5. The third kappa shape index (κ3) is 2.68. The summed E-state index contributed by atoms with van der Waals surface area (Å²) in [5, 5.41) is 0. The summed E-state index contributed by atoms with van der Waals surface area (Å²) in [6.07, 6.45) is 1.70. The zero-order chi connectivity index (χ0) is 17.4. The van der Waals surface area contributed by atoms with Crippen molar-refractivity contribution in [3.05, 3.63) is 57.3 Å². The highest BCUT2D eigenvalue weighted by Gasteiger charge is 2.35. The Balaban J connectivity index is 1.73. The van der Waals surface area contributed by atoms with Crippen molar-refractivity contribution in [3.8, 4) is 0 Å². The Morgan fingerprint density at radius 3 is 2.62 bits per heavy atom. The molecule has 0 saturated carbocycles. The first-order valence-electron chi connectivity index (χ1n) is 7.92. The van der Waals surface area contributed by atoms with Gasteiger partial charge in [0, 0.05) is 24.7 Å². The molecule has 2 heterocycles. The van der Waals surface area contributed by atoms with Crippen LogP contribution < -0.4 is 0 Å². The van der Waals surface area contributed by atoms with E-state index in [1.807, 2.05) is 0 Å². The number of para-hydroxylation sites is 1. The number of Topliss-reactive ketones (excluding diaryl/α,β-unsaturated/α-hetero) is 1. The number of imidazole rings is 1. The van der Waals surface area contributed by atoms with Crippen molar-refractivity contribution in [2.24, 2.45) is 0 Å². The fraction of sp³-hybridized carbons (Fsp3) is 0.333. The summed E-state index contributed by atoms with van der Waals surface area (Å²) >= 11 is 0. The lowest BCUT2D eigenvalue weighted by Gasteiger charge is -2.10. The van der Waals surface area contributed by atoms with Crippen molar-refractivity contribution in [1.82, 2.24) is 9.97 Å². The molecule has 24 heavy (non-hydrogen) atoms. The number of carbonyl (C=O) groups excluding carboxylic acids is 1. The summed E-state index contributed by atoms with van der Waals surface area (Å²) in [7, 11) is 0. The maximum atomic E-state index is 13.7. The predicted molar refractivity (Wildman–Crippen MR) is 88.7 cm³/mol. The number of allylic oxidation sites excluding steroid dienone is 4. The molecule has 0 atom stereocenters. The van der Waals surface area contributed by atoms with E-state index in [0.29, 0.717) is 58.7 Å². The minimum atomic E-state index is -0.353. The lowest BCUT2D eigenvalue weighted by atomic mass is 9.96. The number of H-pyrrole nitrogens is 1. The summed E-state index contributed by atoms with van der Waals surface area (Å²) in [6.45, 7) is 5.02. The van der Waals surface area contributed by atoms with Gasteiger partial charge in [-0.15, -0.1) is 0 Å². The van der Waals surface area contributed by atoms with Gasteiger partial charge in [-0.25, -0.2) is 9.37 Å². The van der Waals surface area contributed by atoms with Crippen molar-refractivity contribution >= 4 is 16.8 Å². The average molecular weight is 328 g/mol. The molecule has 1 aliphatic heterocycles. The summed E-state index contributed by atoms with van der Waals surface area (Å²) in [5.74, 6) is 0.255. The van der Waals surface area contributed by atoms with Crippen LogP contribution in [0.1, 0.15) is 39.4 Å². The van der Waals surface area contributed by atoms with Crippen LogP contribution in [0, 0.1) is 10.7 Å². The number of rotatable bonds is 4. The van der Waals surface area contributed by atoms with Crippen LogP contribution in [0.4, 0.5) is 4.39 Å². The molecule has 1 aliphatic rings. The third-order valence-corrected chi connectivity index (χ3v) is 4.55. The van der Waals surface area contributed by atoms with Crippen LogP contribution in [0.25, 0.3) is 11.0 Å². The molecule has 0 unspecified atom stereocenters. The van der Waals surface area contributed by atoms with Crippen LogP contribution in [-0.4, -0.2) is 20.5 Å². The van der Waals surface area contributed by atoms with Crippen LogP contribution >= 0.6 is 0 Å². The zero-order valence-corrected chi connectivity index (χ0v) is 13.9. The second-order valence-corrected chi connectivity index (χ2v) is 6.08. The molecule has 0 amide bonds. The van der Waals surface area contributed by atoms with Crippen LogP contribution in [0.2, 0.25) is 0 Å². The number of benzene rings is 1. The Hall–Kier alpha value is -2.63. The van der Waals surface area contributed by atoms with E-state index in [-0.39, 0.29) is 11.6 Å². The fourth-order valence-electron chi connectivity index (χ4n) is 2.96. The van der Waals surface area contributed by atoms with E-state index in [4.69, 9.17) is 0 Å². The van der Waals surface area contributed by atoms with Gasteiger partial charge in [-0.3, -0.25) is 4.79 Å². The van der Waals surface area contributed by atoms with Gasteiger partial charge >= 0.3 is 0 Å². The highest BCUT2D eigenvalue weighted by Crippen LogP contribution is 2.27. The lowest BCUT2D eigenvalue weighted by molar-refractivity contribution is -0.451. The Morgan fingerprint density at radius 1 is 1.17 bits per heavy atom. The van der Waals surface area contributed by atoms with E-state index < -0.39 is 0 Å². The van der Waals surface area contributed by atoms with E-state index in [1.54, 1.807) is 32.9 Å². The molecule has 5 nitrogen and oxygen atoms in total. The topological polar surface area (TPSA) is 65.8 Å². The molecule has 0 aliphatic carbocycles. The second-order valence-electron chi connectivity index (χ2n) is 6.08. The van der Waals surface area contributed by atoms with Crippen molar-refractivity contribution in [2.75, 3.05) is 0 Å². The van der Waals surface area contributed by atoms with Gasteiger partial charge in [0.15, 0.2) is 11.6 Å². The number of fused-ring (bicyclic) bond motifs is 1. The second kappa shape index (κ2) is 6.11. The number of hydrogen-bond donors (Lipinski definition) is 1. The minimum Gasteiger partial charge on any atom is -0.342 e. The first-order valence-corrected chi connectivity index (χ1v) is 7.92. The van der Waals surface area contributed by atoms with Crippen LogP contribution in [0.15, 0.2) is 40.7 Å². The minimum absolute atomic E-state index is 0.0691. The van der Waals surface area contributed by atoms with Gasteiger partial charge < -0.3 is 4.98 Å². The van der Waals surface area contributed by atoms with Gasteiger partial charge in [-0.05, 0) is 32.4 Å². The van der Waals surface area contributed by atoms with Crippen LogP contribution in [0.5, 0.6) is 0 Å². The molecular formula is C18H19FN3O2+. The highest BCUT2D eigenvalue weighted by atomic mass is 19.1. The van der Waals surface area contributed by atoms with E-state index in [1.165, 1.54) is 6.07 Å². The van der Waals surface area contributed by atoms with Gasteiger partial charge in [-0.1, -0.05) is 6.07 Å². The number of carbonyl (C=O) groups is 1. The number of ketones is 1. The average Bonchev–Trinajstić information content (AvgIpc) is 2.99. The van der Waals surface area contributed by atoms with Crippen molar-refractivity contribution in [2.45, 2.75) is 40.0 Å². The first-order chi connectivity index (χ1) is 11.4. The Kier molecular flexibility index (Phi) is 4.13. The van der Waals surface area contributed by atoms with E-state index in [9.17, 15) is 14.1 Å². The van der Waals surface area contributed by atoms with Crippen molar-refractivity contribution in [1.29, 1.82) is 0 Å². The fourth-order valence-corrected chi connectivity index (χ4v) is 2.96. The Bertz CT molecular complexity index is 921. The number of halogens is 1. The molecule has 0 saturated heterocycles. The molecule has 3 rings (SSSR count). The van der Waals surface area contributed by atoms with E-state index in [2.05, 4.69) is 9.97 Å². The number of nitrogens with one attached hydrogen (secondary N) is 1. The van der Waals surface area contributed by atoms with Gasteiger partial charge in [0.2, 0.25) is 11.4 Å².